The van der Waals surface area contributed by atoms with Gasteiger partial charge in [0, 0.05) is 19.1 Å². The summed E-state index contributed by atoms with van der Waals surface area (Å²) in [5, 5.41) is 8.00. The topological polar surface area (TPSA) is 15.3 Å². The Hall–Kier alpha value is -1.16. The number of hydrogen-bond acceptors (Lipinski definition) is 3. The van der Waals surface area contributed by atoms with E-state index in [0.29, 0.717) is 6.04 Å². The molecule has 1 aromatic heterocycles. The monoisotopic (exact) mass is 286 g/mol. The van der Waals surface area contributed by atoms with Gasteiger partial charge in [-0.15, -0.1) is 0 Å². The summed E-state index contributed by atoms with van der Waals surface area (Å²) < 4.78 is 0. The van der Waals surface area contributed by atoms with Gasteiger partial charge in [0.1, 0.15) is 0 Å². The van der Waals surface area contributed by atoms with Crippen LogP contribution in [0.15, 0.2) is 47.2 Å². The highest BCUT2D eigenvalue weighted by molar-refractivity contribution is 7.07. The molecule has 0 radical (unpaired) electrons. The lowest BCUT2D eigenvalue weighted by Crippen LogP contribution is -2.33. The Morgan fingerprint density at radius 1 is 1.10 bits per heavy atom. The number of rotatable bonds is 6. The lowest BCUT2D eigenvalue weighted by Gasteiger charge is -2.28. The maximum atomic E-state index is 3.63. The van der Waals surface area contributed by atoms with Crippen molar-refractivity contribution in [1.29, 1.82) is 0 Å². The minimum Gasteiger partial charge on any atom is -0.311 e. The summed E-state index contributed by atoms with van der Waals surface area (Å²) in [5.74, 6) is 0. The van der Waals surface area contributed by atoms with Crippen molar-refractivity contribution in [2.24, 2.45) is 0 Å². The molecule has 1 saturated heterocycles. The van der Waals surface area contributed by atoms with E-state index in [1.807, 2.05) is 0 Å². The van der Waals surface area contributed by atoms with E-state index in [-0.39, 0.29) is 0 Å². The Kier molecular flexibility index (Phi) is 4.85. The SMILES string of the molecule is c1ccc(C(CNCc2ccsc2)N2CCCC2)cc1. The van der Waals surface area contributed by atoms with Crippen LogP contribution in [0.25, 0.3) is 0 Å². The van der Waals surface area contributed by atoms with Crippen molar-refractivity contribution >= 4 is 11.3 Å². The number of nitrogens with zero attached hydrogens (tertiary/aromatic N) is 1. The fourth-order valence-electron chi connectivity index (χ4n) is 2.93. The molecule has 2 nitrogen and oxygen atoms in total. The molecule has 3 rings (SSSR count). The van der Waals surface area contributed by atoms with Crippen molar-refractivity contribution in [2.75, 3.05) is 19.6 Å². The second-order valence-corrected chi connectivity index (χ2v) is 6.21. The molecular formula is C17H22N2S. The third kappa shape index (κ3) is 3.48. The van der Waals surface area contributed by atoms with Crippen molar-refractivity contribution in [1.82, 2.24) is 10.2 Å². The normalized spacial score (nSPS) is 17.4. The maximum Gasteiger partial charge on any atom is 0.0472 e. The average molecular weight is 286 g/mol. The zero-order valence-corrected chi connectivity index (χ0v) is 12.6. The van der Waals surface area contributed by atoms with E-state index in [4.69, 9.17) is 0 Å². The zero-order valence-electron chi connectivity index (χ0n) is 11.8. The first-order valence-electron chi connectivity index (χ1n) is 7.44. The highest BCUT2D eigenvalue weighted by Gasteiger charge is 2.22. The van der Waals surface area contributed by atoms with Crippen LogP contribution in [0.4, 0.5) is 0 Å². The van der Waals surface area contributed by atoms with E-state index < -0.39 is 0 Å². The van der Waals surface area contributed by atoms with Gasteiger partial charge < -0.3 is 5.32 Å². The van der Waals surface area contributed by atoms with Crippen LogP contribution in [0.1, 0.15) is 30.0 Å². The van der Waals surface area contributed by atoms with E-state index >= 15 is 0 Å². The van der Waals surface area contributed by atoms with Crippen LogP contribution >= 0.6 is 11.3 Å². The van der Waals surface area contributed by atoms with Gasteiger partial charge in [0.2, 0.25) is 0 Å². The van der Waals surface area contributed by atoms with Gasteiger partial charge in [-0.3, -0.25) is 4.90 Å². The van der Waals surface area contributed by atoms with E-state index in [1.54, 1.807) is 11.3 Å². The summed E-state index contributed by atoms with van der Waals surface area (Å²) in [5.41, 5.74) is 2.83. The van der Waals surface area contributed by atoms with Crippen LogP contribution in [0.2, 0.25) is 0 Å². The van der Waals surface area contributed by atoms with Crippen molar-refractivity contribution in [3.8, 4) is 0 Å². The number of likely N-dealkylation sites (tertiary alicyclic amines) is 1. The second-order valence-electron chi connectivity index (χ2n) is 5.43. The molecule has 1 N–H and O–H groups in total. The Morgan fingerprint density at radius 2 is 1.90 bits per heavy atom. The van der Waals surface area contributed by atoms with Gasteiger partial charge >= 0.3 is 0 Å². The van der Waals surface area contributed by atoms with Crippen molar-refractivity contribution in [2.45, 2.75) is 25.4 Å². The van der Waals surface area contributed by atoms with Gasteiger partial charge in [0.15, 0.2) is 0 Å². The van der Waals surface area contributed by atoms with E-state index in [2.05, 4.69) is 57.4 Å². The quantitative estimate of drug-likeness (QED) is 0.871. The molecule has 106 valence electrons. The third-order valence-electron chi connectivity index (χ3n) is 4.01. The summed E-state index contributed by atoms with van der Waals surface area (Å²) in [6.45, 7) is 4.47. The molecule has 0 spiro atoms. The van der Waals surface area contributed by atoms with Gasteiger partial charge in [-0.1, -0.05) is 30.3 Å². The lowest BCUT2D eigenvalue weighted by molar-refractivity contribution is 0.238. The van der Waals surface area contributed by atoms with E-state index in [9.17, 15) is 0 Å². The second kappa shape index (κ2) is 7.02. The minimum absolute atomic E-state index is 0.511. The molecule has 1 unspecified atom stereocenters. The Labute approximate surface area is 125 Å². The first kappa shape index (κ1) is 13.8. The van der Waals surface area contributed by atoms with Crippen molar-refractivity contribution in [3.63, 3.8) is 0 Å². The first-order chi connectivity index (χ1) is 9.93. The minimum atomic E-state index is 0.511. The van der Waals surface area contributed by atoms with E-state index in [0.717, 1.165) is 13.1 Å². The molecule has 0 amide bonds. The molecule has 1 aliphatic rings. The Bertz CT molecular complexity index is 489. The first-order valence-corrected chi connectivity index (χ1v) is 8.38. The summed E-state index contributed by atoms with van der Waals surface area (Å²) in [6.07, 6.45) is 2.68. The molecule has 1 aromatic carbocycles. The highest BCUT2D eigenvalue weighted by atomic mass is 32.1. The van der Waals surface area contributed by atoms with Gasteiger partial charge in [-0.2, -0.15) is 11.3 Å². The molecule has 0 saturated carbocycles. The molecular weight excluding hydrogens is 264 g/mol. The average Bonchev–Trinajstić information content (AvgIpc) is 3.18. The van der Waals surface area contributed by atoms with Crippen LogP contribution < -0.4 is 5.32 Å². The number of nitrogens with one attached hydrogen (secondary N) is 1. The maximum absolute atomic E-state index is 3.63. The zero-order chi connectivity index (χ0) is 13.6. The fraction of sp³-hybridized carbons (Fsp3) is 0.412. The number of benzene rings is 1. The van der Waals surface area contributed by atoms with Gasteiger partial charge in [0.05, 0.1) is 0 Å². The fourth-order valence-corrected chi connectivity index (χ4v) is 3.60. The Balaban J connectivity index is 1.63. The third-order valence-corrected chi connectivity index (χ3v) is 4.74. The van der Waals surface area contributed by atoms with Crippen LogP contribution in [-0.4, -0.2) is 24.5 Å². The summed E-state index contributed by atoms with van der Waals surface area (Å²) in [7, 11) is 0. The van der Waals surface area contributed by atoms with Crippen molar-refractivity contribution in [3.05, 3.63) is 58.3 Å². The van der Waals surface area contributed by atoms with Crippen LogP contribution in [-0.2, 0) is 6.54 Å². The van der Waals surface area contributed by atoms with Gasteiger partial charge in [0.25, 0.3) is 0 Å². The number of hydrogen-bond donors (Lipinski definition) is 1. The smallest absolute Gasteiger partial charge is 0.0472 e. The summed E-state index contributed by atoms with van der Waals surface area (Å²) in [4.78, 5) is 2.62. The molecule has 20 heavy (non-hydrogen) atoms. The molecule has 3 heteroatoms. The predicted octanol–water partition coefficient (Wildman–Crippen LogP) is 3.67. The molecule has 1 aliphatic heterocycles. The highest BCUT2D eigenvalue weighted by Crippen LogP contribution is 2.24. The Morgan fingerprint density at radius 3 is 2.60 bits per heavy atom. The predicted molar refractivity (Wildman–Crippen MR) is 86.0 cm³/mol. The standard InChI is InChI=1S/C17H22N2S/c1-2-6-16(7-3-1)17(19-9-4-5-10-19)13-18-12-15-8-11-20-14-15/h1-3,6-8,11,14,17-18H,4-5,9-10,12-13H2. The van der Waals surface area contributed by atoms with Crippen LogP contribution in [0.3, 0.4) is 0 Å². The largest absolute Gasteiger partial charge is 0.311 e. The molecule has 2 heterocycles. The van der Waals surface area contributed by atoms with E-state index in [1.165, 1.54) is 37.1 Å². The molecule has 0 bridgehead atoms. The van der Waals surface area contributed by atoms with Crippen molar-refractivity contribution < 1.29 is 0 Å². The molecule has 1 fully saturated rings. The molecule has 0 aliphatic carbocycles. The summed E-state index contributed by atoms with van der Waals surface area (Å²) >= 11 is 1.77. The van der Waals surface area contributed by atoms with Crippen LogP contribution in [0.5, 0.6) is 0 Å². The molecule has 1 atom stereocenters. The van der Waals surface area contributed by atoms with Crippen LogP contribution in [0, 0.1) is 0 Å². The number of thiophene rings is 1. The lowest BCUT2D eigenvalue weighted by atomic mass is 10.1. The molecule has 2 aromatic rings. The van der Waals surface area contributed by atoms with Gasteiger partial charge in [-0.25, -0.2) is 0 Å². The van der Waals surface area contributed by atoms with Gasteiger partial charge in [-0.05, 0) is 53.9 Å². The summed E-state index contributed by atoms with van der Waals surface area (Å²) in [6, 6.07) is 13.6.